The maximum atomic E-state index is 9.50. The van der Waals surface area contributed by atoms with E-state index >= 15 is 0 Å². The Kier molecular flexibility index (Phi) is 7.38. The molecule has 0 saturated heterocycles. The first kappa shape index (κ1) is 26.9. The maximum absolute atomic E-state index is 9.50. The van der Waals surface area contributed by atoms with Crippen molar-refractivity contribution >= 4 is 11.6 Å². The summed E-state index contributed by atoms with van der Waals surface area (Å²) in [5.74, 6) is 0.889. The number of hydrogen-bond donors (Lipinski definition) is 0. The van der Waals surface area contributed by atoms with Gasteiger partial charge in [0.1, 0.15) is 5.82 Å². The predicted octanol–water partition coefficient (Wildman–Crippen LogP) is 4.55. The Balaban J connectivity index is 0.00000380. The molecule has 0 spiro atoms. The van der Waals surface area contributed by atoms with Crippen molar-refractivity contribution in [3.05, 3.63) is 94.7 Å². The topological polar surface area (TPSA) is 118 Å². The molecule has 0 unspecified atom stereocenters. The fraction of sp³-hybridized carbons (Fsp3) is 0.231. The molecule has 10 nitrogen and oxygen atoms in total. The van der Waals surface area contributed by atoms with E-state index < -0.39 is 10.8 Å². The summed E-state index contributed by atoms with van der Waals surface area (Å²) >= 11 is 0. The first-order chi connectivity index (χ1) is 17.2. The van der Waals surface area contributed by atoms with E-state index in [0.29, 0.717) is 11.6 Å². The van der Waals surface area contributed by atoms with Crippen LogP contribution in [0.2, 0.25) is 0 Å². The summed E-state index contributed by atoms with van der Waals surface area (Å²) in [7, 11) is 0. The quantitative estimate of drug-likeness (QED) is 0.254. The number of hydrogen-bond acceptors (Lipinski definition) is 6. The SMILES string of the molecule is [C-]#[N+]c1n[c-]n(-c2cccc(C(C)(C)C(C)(C)c3cccc(-n4[c-]nc(C#N)c4C#N)n3)n2)c1[N+]#[C-].[Pd+2]. The first-order valence-electron chi connectivity index (χ1n) is 10.7. The van der Waals surface area contributed by atoms with Gasteiger partial charge in [-0.1, -0.05) is 64.0 Å². The number of aromatic nitrogens is 6. The Bertz CT molecular complexity index is 1520. The number of imidazole rings is 2. The van der Waals surface area contributed by atoms with Crippen LogP contribution in [0.3, 0.4) is 0 Å². The van der Waals surface area contributed by atoms with Crippen molar-refractivity contribution < 1.29 is 20.4 Å². The standard InChI is InChI=1S/C26H18N10.Pd/c1-25(2,19-9-7-11-21(33-19)35-15-31-17(13-27)18(35)14-28)26(3,4)20-10-8-12-22(34-20)36-16-32-23(29-5)24(36)30-6;/h7-12H,1-4H3;/q-2;+2. The molecule has 0 N–H and O–H groups in total. The molecule has 0 aromatic carbocycles. The van der Waals surface area contributed by atoms with Crippen molar-refractivity contribution in [3.63, 3.8) is 0 Å². The van der Waals surface area contributed by atoms with Gasteiger partial charge in [0.2, 0.25) is 0 Å². The van der Waals surface area contributed by atoms with Crippen LogP contribution in [0.25, 0.3) is 21.3 Å². The minimum atomic E-state index is -0.566. The first-order valence-corrected chi connectivity index (χ1v) is 10.7. The number of nitriles is 2. The molecule has 0 aliphatic rings. The van der Waals surface area contributed by atoms with Crippen molar-refractivity contribution in [2.24, 2.45) is 0 Å². The molecule has 0 bridgehead atoms. The molecule has 0 radical (unpaired) electrons. The maximum Gasteiger partial charge on any atom is 2.00 e. The summed E-state index contributed by atoms with van der Waals surface area (Å²) in [6, 6.07) is 14.8. The van der Waals surface area contributed by atoms with Crippen molar-refractivity contribution in [1.82, 2.24) is 29.1 Å². The summed E-state index contributed by atoms with van der Waals surface area (Å²) in [5, 5.41) is 18.7. The largest absolute Gasteiger partial charge is 2.00 e. The van der Waals surface area contributed by atoms with E-state index in [4.69, 9.17) is 23.1 Å². The van der Waals surface area contributed by atoms with Crippen LogP contribution in [-0.4, -0.2) is 29.1 Å². The van der Waals surface area contributed by atoms with Gasteiger partial charge < -0.3 is 19.2 Å². The second kappa shape index (κ2) is 10.1. The summed E-state index contributed by atoms with van der Waals surface area (Å²) in [6.07, 6.45) is 5.36. The average Bonchev–Trinajstić information content (AvgIpc) is 3.52. The van der Waals surface area contributed by atoms with Crippen molar-refractivity contribution in [1.29, 1.82) is 10.5 Å². The van der Waals surface area contributed by atoms with Crippen LogP contribution in [0.1, 0.15) is 50.5 Å². The van der Waals surface area contributed by atoms with Crippen LogP contribution in [0, 0.1) is 48.5 Å². The van der Waals surface area contributed by atoms with Gasteiger partial charge in [-0.15, -0.1) is 0 Å². The molecule has 4 aromatic heterocycles. The Hall–Kier alpha value is -4.66. The Morgan fingerprint density at radius 2 is 1.35 bits per heavy atom. The Labute approximate surface area is 228 Å². The second-order valence-electron chi connectivity index (χ2n) is 8.90. The molecule has 182 valence electrons. The van der Waals surface area contributed by atoms with Crippen LogP contribution in [0.4, 0.5) is 11.6 Å². The van der Waals surface area contributed by atoms with E-state index in [1.807, 2.05) is 64.1 Å². The molecule has 11 heteroatoms. The van der Waals surface area contributed by atoms with Gasteiger partial charge in [-0.05, 0) is 18.2 Å². The van der Waals surface area contributed by atoms with E-state index in [-0.39, 0.29) is 43.4 Å². The number of nitrogens with zero attached hydrogens (tertiary/aromatic N) is 10. The summed E-state index contributed by atoms with van der Waals surface area (Å²) in [4.78, 5) is 24.1. The molecule has 0 aliphatic carbocycles. The zero-order valence-electron chi connectivity index (χ0n) is 20.3. The van der Waals surface area contributed by atoms with Crippen LogP contribution < -0.4 is 0 Å². The molecular weight excluding hydrogens is 559 g/mol. The molecule has 0 atom stereocenters. The van der Waals surface area contributed by atoms with Crippen LogP contribution in [-0.2, 0) is 31.3 Å². The Morgan fingerprint density at radius 1 is 0.811 bits per heavy atom. The van der Waals surface area contributed by atoms with Crippen molar-refractivity contribution in [2.45, 2.75) is 38.5 Å². The van der Waals surface area contributed by atoms with Crippen molar-refractivity contribution in [2.75, 3.05) is 0 Å². The molecule has 37 heavy (non-hydrogen) atoms. The summed E-state index contributed by atoms with van der Waals surface area (Å²) in [6.45, 7) is 22.8. The van der Waals surface area contributed by atoms with Gasteiger partial charge in [-0.25, -0.2) is 10.5 Å². The van der Waals surface area contributed by atoms with Gasteiger partial charge in [-0.3, -0.25) is 14.5 Å². The molecule has 4 rings (SSSR count). The van der Waals surface area contributed by atoms with Gasteiger partial charge in [0, 0.05) is 34.2 Å². The third kappa shape index (κ3) is 4.40. The van der Waals surface area contributed by atoms with E-state index in [2.05, 4.69) is 32.3 Å². The van der Waals surface area contributed by atoms with E-state index in [9.17, 15) is 10.5 Å². The third-order valence-electron chi connectivity index (χ3n) is 6.57. The van der Waals surface area contributed by atoms with Gasteiger partial charge >= 0.3 is 26.2 Å². The minimum Gasteiger partial charge on any atom is -0.402 e. The zero-order valence-corrected chi connectivity index (χ0v) is 21.8. The molecule has 0 aliphatic heterocycles. The van der Waals surface area contributed by atoms with Gasteiger partial charge in [-0.2, -0.15) is 0 Å². The minimum absolute atomic E-state index is 0. The zero-order chi connectivity index (χ0) is 26.1. The average molecular weight is 577 g/mol. The predicted molar refractivity (Wildman–Crippen MR) is 128 cm³/mol. The monoisotopic (exact) mass is 576 g/mol. The molecule has 0 fully saturated rings. The number of rotatable bonds is 5. The van der Waals surface area contributed by atoms with Crippen LogP contribution >= 0.6 is 0 Å². The normalized spacial score (nSPS) is 10.9. The molecular formula is C26H18N10Pd. The van der Waals surface area contributed by atoms with E-state index in [0.717, 1.165) is 11.4 Å². The van der Waals surface area contributed by atoms with Crippen molar-refractivity contribution in [3.8, 4) is 23.8 Å². The van der Waals surface area contributed by atoms with Gasteiger partial charge in [0.15, 0.2) is 0 Å². The molecule has 0 amide bonds. The second-order valence-corrected chi connectivity index (χ2v) is 8.90. The molecule has 4 heterocycles. The molecule has 4 aromatic rings. The van der Waals surface area contributed by atoms with Crippen LogP contribution in [0.5, 0.6) is 0 Å². The van der Waals surface area contributed by atoms with E-state index in [1.165, 1.54) is 9.13 Å². The number of pyridine rings is 2. The third-order valence-corrected chi connectivity index (χ3v) is 6.57. The van der Waals surface area contributed by atoms with Gasteiger partial charge in [0.25, 0.3) is 12.1 Å². The fourth-order valence-electron chi connectivity index (χ4n) is 3.72. The van der Waals surface area contributed by atoms with E-state index in [1.54, 1.807) is 12.1 Å². The molecule has 0 saturated carbocycles. The smallest absolute Gasteiger partial charge is 0.402 e. The van der Waals surface area contributed by atoms with Crippen LogP contribution in [0.15, 0.2) is 36.4 Å². The fourth-order valence-corrected chi connectivity index (χ4v) is 3.72. The van der Waals surface area contributed by atoms with Gasteiger partial charge in [0.05, 0.1) is 23.7 Å². The summed E-state index contributed by atoms with van der Waals surface area (Å²) in [5.41, 5.74) is 0.390. The Morgan fingerprint density at radius 3 is 1.84 bits per heavy atom. The summed E-state index contributed by atoms with van der Waals surface area (Å²) < 4.78 is 2.76.